The number of ether oxygens (including phenoxy) is 3. The molecule has 0 saturated heterocycles. The second kappa shape index (κ2) is 14.2. The van der Waals surface area contributed by atoms with Gasteiger partial charge in [0.1, 0.15) is 0 Å². The summed E-state index contributed by atoms with van der Waals surface area (Å²) in [6, 6.07) is 2.21. The zero-order chi connectivity index (χ0) is 19.4. The summed E-state index contributed by atoms with van der Waals surface area (Å²) in [6.45, 7) is 4.04. The van der Waals surface area contributed by atoms with Crippen molar-refractivity contribution >= 4 is 82.3 Å². The van der Waals surface area contributed by atoms with Gasteiger partial charge in [-0.05, 0) is 5.41 Å². The summed E-state index contributed by atoms with van der Waals surface area (Å²) in [5.74, 6) is 2.78. The first kappa shape index (κ1) is 23.7. The highest BCUT2D eigenvalue weighted by Crippen LogP contribution is 2.63. The van der Waals surface area contributed by atoms with Crippen LogP contribution in [0.25, 0.3) is 0 Å². The van der Waals surface area contributed by atoms with Gasteiger partial charge in [-0.3, -0.25) is 0 Å². The number of hydrogen-bond acceptors (Lipinski definition) is 11. The summed E-state index contributed by atoms with van der Waals surface area (Å²) < 4.78 is 23.6. The number of nitriles is 1. The van der Waals surface area contributed by atoms with Crippen molar-refractivity contribution in [2.24, 2.45) is 0 Å². The average Bonchev–Trinajstić information content (AvgIpc) is 3.32. The van der Waals surface area contributed by atoms with E-state index in [1.807, 2.05) is 70.6 Å². The molecule has 0 aromatic carbocycles. The lowest BCUT2D eigenvalue weighted by Crippen LogP contribution is -2.11. The Morgan fingerprint density at radius 2 is 1.43 bits per heavy atom. The minimum absolute atomic E-state index is 0.599. The van der Waals surface area contributed by atoms with Crippen LogP contribution in [0.1, 0.15) is 6.42 Å². The van der Waals surface area contributed by atoms with Crippen molar-refractivity contribution in [3.63, 3.8) is 0 Å². The van der Waals surface area contributed by atoms with E-state index in [1.165, 1.54) is 21.2 Å². The molecule has 0 unspecified atom stereocenters. The monoisotopic (exact) mass is 511 g/mol. The molecule has 11 heteroatoms. The molecule has 0 fully saturated rings. The Labute approximate surface area is 196 Å². The van der Waals surface area contributed by atoms with Gasteiger partial charge in [-0.15, -0.1) is 35.3 Å². The summed E-state index contributed by atoms with van der Waals surface area (Å²) in [5.41, 5.74) is 0. The Balaban J connectivity index is 1.54. The van der Waals surface area contributed by atoms with Crippen LogP contribution in [-0.4, -0.2) is 56.9 Å². The quantitative estimate of drug-likeness (QED) is 0.408. The van der Waals surface area contributed by atoms with Crippen molar-refractivity contribution in [3.8, 4) is 6.07 Å². The van der Waals surface area contributed by atoms with E-state index in [2.05, 4.69) is 11.5 Å². The average molecular weight is 512 g/mol. The van der Waals surface area contributed by atoms with E-state index in [4.69, 9.17) is 19.5 Å². The maximum atomic E-state index is 8.70. The third-order valence-corrected chi connectivity index (χ3v) is 13.0. The molecule has 0 aromatic rings. The maximum absolute atomic E-state index is 8.70. The molecule has 154 valence electrons. The highest BCUT2D eigenvalue weighted by molar-refractivity contribution is 8.43. The standard InChI is InChI=1S/C17H21NO3S7/c18-2-1-9-22-13-12-25-16(26-13)17-27-14-15(28-17)24-11-8-21-6-4-19-3-5-20-7-10-23-14/h12H,1,3-11H2. The van der Waals surface area contributed by atoms with Gasteiger partial charge in [0.25, 0.3) is 0 Å². The summed E-state index contributed by atoms with van der Waals surface area (Å²) in [4.78, 5) is 0. The van der Waals surface area contributed by atoms with Crippen molar-refractivity contribution in [1.29, 1.82) is 5.26 Å². The Morgan fingerprint density at radius 3 is 2.04 bits per heavy atom. The smallest absolute Gasteiger partial charge is 0.0717 e. The van der Waals surface area contributed by atoms with Gasteiger partial charge >= 0.3 is 0 Å². The third kappa shape index (κ3) is 8.29. The molecule has 4 nitrogen and oxygen atoms in total. The molecule has 28 heavy (non-hydrogen) atoms. The SMILES string of the molecule is N#CCCSC1=CSC(=C2SC3=C(SCCOCCOCCOCCS3)S2)S1. The molecule has 3 rings (SSSR count). The molecule has 3 aliphatic heterocycles. The molecule has 0 saturated carbocycles. The summed E-state index contributed by atoms with van der Waals surface area (Å²) in [7, 11) is 0. The molecule has 0 aromatic heterocycles. The topological polar surface area (TPSA) is 51.5 Å². The number of hydrogen-bond donors (Lipinski definition) is 0. The molecule has 0 spiro atoms. The van der Waals surface area contributed by atoms with Gasteiger partial charge in [0.05, 0.1) is 66.9 Å². The van der Waals surface area contributed by atoms with Crippen LogP contribution in [0.3, 0.4) is 0 Å². The van der Waals surface area contributed by atoms with Gasteiger partial charge in [-0.2, -0.15) is 5.26 Å². The van der Waals surface area contributed by atoms with Crippen LogP contribution < -0.4 is 0 Å². The zero-order valence-corrected chi connectivity index (χ0v) is 20.9. The second-order valence-corrected chi connectivity index (χ2v) is 13.9. The lowest BCUT2D eigenvalue weighted by molar-refractivity contribution is 0.0205. The zero-order valence-electron chi connectivity index (χ0n) is 15.2. The van der Waals surface area contributed by atoms with E-state index >= 15 is 0 Å². The van der Waals surface area contributed by atoms with E-state index < -0.39 is 0 Å². The third-order valence-electron chi connectivity index (χ3n) is 3.28. The Morgan fingerprint density at radius 1 is 0.821 bits per heavy atom. The molecule has 0 bridgehead atoms. The molecule has 0 amide bonds. The van der Waals surface area contributed by atoms with Gasteiger partial charge in [0.2, 0.25) is 0 Å². The molecule has 0 radical (unpaired) electrons. The summed E-state index contributed by atoms with van der Waals surface area (Å²) >= 11 is 13.0. The van der Waals surface area contributed by atoms with Crippen LogP contribution in [0, 0.1) is 11.3 Å². The van der Waals surface area contributed by atoms with Crippen LogP contribution in [0.4, 0.5) is 0 Å². The Kier molecular flexibility index (Phi) is 12.0. The number of thioether (sulfide) groups is 7. The molecule has 3 heterocycles. The van der Waals surface area contributed by atoms with Gasteiger partial charge in [0, 0.05) is 23.7 Å². The van der Waals surface area contributed by atoms with Crippen molar-refractivity contribution in [2.45, 2.75) is 6.42 Å². The first-order valence-electron chi connectivity index (χ1n) is 8.74. The highest BCUT2D eigenvalue weighted by Gasteiger charge is 2.27. The summed E-state index contributed by atoms with van der Waals surface area (Å²) in [6.07, 6.45) is 0.599. The molecular weight excluding hydrogens is 491 g/mol. The first-order chi connectivity index (χ1) is 13.9. The molecule has 0 N–H and O–H groups in total. The molecule has 0 atom stereocenters. The van der Waals surface area contributed by atoms with E-state index in [1.54, 1.807) is 11.8 Å². The van der Waals surface area contributed by atoms with Gasteiger partial charge in [-0.25, -0.2) is 0 Å². The fraction of sp³-hybridized carbons (Fsp3) is 0.588. The Hall–Kier alpha value is 1.04. The van der Waals surface area contributed by atoms with E-state index in [0.29, 0.717) is 32.8 Å². The fourth-order valence-electron chi connectivity index (χ4n) is 2.05. The van der Waals surface area contributed by atoms with Gasteiger partial charge in [0.15, 0.2) is 0 Å². The maximum Gasteiger partial charge on any atom is 0.0717 e. The van der Waals surface area contributed by atoms with E-state index in [-0.39, 0.29) is 0 Å². The van der Waals surface area contributed by atoms with Crippen LogP contribution >= 0.6 is 82.3 Å². The summed E-state index contributed by atoms with van der Waals surface area (Å²) in [5, 5.41) is 10.9. The normalized spacial score (nSPS) is 23.0. The first-order valence-corrected chi connectivity index (χ1v) is 15.0. The molecule has 0 aliphatic carbocycles. The predicted molar refractivity (Wildman–Crippen MR) is 133 cm³/mol. The van der Waals surface area contributed by atoms with Crippen LogP contribution in [0.15, 0.2) is 26.6 Å². The molecular formula is C17H21NO3S7. The molecule has 3 aliphatic rings. The van der Waals surface area contributed by atoms with Crippen molar-refractivity contribution < 1.29 is 14.2 Å². The number of nitrogens with zero attached hydrogens (tertiary/aromatic N) is 1. The minimum Gasteiger partial charge on any atom is -0.378 e. The van der Waals surface area contributed by atoms with Crippen molar-refractivity contribution in [1.82, 2.24) is 0 Å². The number of rotatable bonds is 3. The van der Waals surface area contributed by atoms with Crippen molar-refractivity contribution in [2.75, 3.05) is 56.9 Å². The second-order valence-electron chi connectivity index (χ2n) is 5.30. The van der Waals surface area contributed by atoms with Crippen molar-refractivity contribution in [3.05, 3.63) is 26.6 Å². The van der Waals surface area contributed by atoms with Gasteiger partial charge < -0.3 is 14.2 Å². The van der Waals surface area contributed by atoms with Crippen LogP contribution in [-0.2, 0) is 14.2 Å². The van der Waals surface area contributed by atoms with E-state index in [0.717, 1.165) is 30.5 Å². The van der Waals surface area contributed by atoms with Gasteiger partial charge in [-0.1, -0.05) is 47.0 Å². The van der Waals surface area contributed by atoms with Crippen LogP contribution in [0.2, 0.25) is 0 Å². The fourth-order valence-corrected chi connectivity index (χ4v) is 11.6. The largest absolute Gasteiger partial charge is 0.378 e. The minimum atomic E-state index is 0.599. The lowest BCUT2D eigenvalue weighted by Gasteiger charge is -2.06. The Bertz CT molecular complexity index is 632. The highest BCUT2D eigenvalue weighted by atomic mass is 32.3. The van der Waals surface area contributed by atoms with Crippen LogP contribution in [0.5, 0.6) is 0 Å². The lowest BCUT2D eigenvalue weighted by atomic mass is 10.6. The predicted octanol–water partition coefficient (Wildman–Crippen LogP) is 6.18. The van der Waals surface area contributed by atoms with E-state index in [9.17, 15) is 0 Å².